The van der Waals surface area contributed by atoms with Crippen LogP contribution in [0.2, 0.25) is 0 Å². The minimum Gasteiger partial charge on any atom is -0.394 e. The maximum atomic E-state index is 13.1. The highest BCUT2D eigenvalue weighted by molar-refractivity contribution is 5.92. The number of anilines is 1. The standard InChI is InChI=1S/C19H21N5O3/c1-13(11-25)24-12-21-18-15(19(24)26)9-16(23-5-7-27-8-6-23)22-17(18)14-3-2-4-20-10-14/h2-4,9-10,12-13,25H,5-8,11H2,1H3. The van der Waals surface area contributed by atoms with E-state index in [-0.39, 0.29) is 18.2 Å². The molecule has 0 aromatic carbocycles. The van der Waals surface area contributed by atoms with E-state index in [0.717, 1.165) is 11.4 Å². The van der Waals surface area contributed by atoms with Crippen LogP contribution in [0.3, 0.4) is 0 Å². The molecule has 27 heavy (non-hydrogen) atoms. The number of pyridine rings is 2. The van der Waals surface area contributed by atoms with E-state index in [0.29, 0.717) is 42.9 Å². The topological polar surface area (TPSA) is 93.4 Å². The van der Waals surface area contributed by atoms with Gasteiger partial charge in [-0.2, -0.15) is 0 Å². The molecule has 3 aromatic rings. The van der Waals surface area contributed by atoms with Crippen molar-refractivity contribution >= 4 is 16.7 Å². The fourth-order valence-corrected chi connectivity index (χ4v) is 3.19. The van der Waals surface area contributed by atoms with Crippen LogP contribution < -0.4 is 10.5 Å². The van der Waals surface area contributed by atoms with E-state index in [1.807, 2.05) is 12.1 Å². The SMILES string of the molecule is CC(CO)n1cnc2c(-c3cccnc3)nc(N3CCOCC3)cc2c1=O. The van der Waals surface area contributed by atoms with Crippen LogP contribution in [0.5, 0.6) is 0 Å². The van der Waals surface area contributed by atoms with Gasteiger partial charge in [-0.05, 0) is 25.1 Å². The van der Waals surface area contributed by atoms with Gasteiger partial charge < -0.3 is 14.7 Å². The normalized spacial score (nSPS) is 15.9. The molecule has 8 heteroatoms. The maximum Gasteiger partial charge on any atom is 0.261 e. The van der Waals surface area contributed by atoms with Gasteiger partial charge in [0.2, 0.25) is 0 Å². The van der Waals surface area contributed by atoms with Gasteiger partial charge in [0, 0.05) is 31.0 Å². The van der Waals surface area contributed by atoms with Crippen molar-refractivity contribution in [1.29, 1.82) is 0 Å². The molecular weight excluding hydrogens is 346 g/mol. The fourth-order valence-electron chi connectivity index (χ4n) is 3.19. The molecule has 0 aliphatic carbocycles. The second-order valence-corrected chi connectivity index (χ2v) is 6.55. The number of aliphatic hydroxyl groups is 1. The van der Waals surface area contributed by atoms with E-state index in [1.54, 1.807) is 25.4 Å². The number of aromatic nitrogens is 4. The first-order chi connectivity index (χ1) is 13.2. The highest BCUT2D eigenvalue weighted by atomic mass is 16.5. The third-order valence-corrected chi connectivity index (χ3v) is 4.76. The fraction of sp³-hybridized carbons (Fsp3) is 0.368. The van der Waals surface area contributed by atoms with Crippen LogP contribution in [0.15, 0.2) is 41.7 Å². The van der Waals surface area contributed by atoms with Crippen molar-refractivity contribution in [2.45, 2.75) is 13.0 Å². The molecule has 4 rings (SSSR count). The van der Waals surface area contributed by atoms with E-state index >= 15 is 0 Å². The molecular formula is C19H21N5O3. The Morgan fingerprint density at radius 2 is 2.15 bits per heavy atom. The summed E-state index contributed by atoms with van der Waals surface area (Å²) in [5.74, 6) is 0.720. The first kappa shape index (κ1) is 17.6. The zero-order chi connectivity index (χ0) is 18.8. The lowest BCUT2D eigenvalue weighted by Gasteiger charge is -2.28. The van der Waals surface area contributed by atoms with Gasteiger partial charge in [0.25, 0.3) is 5.56 Å². The van der Waals surface area contributed by atoms with Crippen molar-refractivity contribution in [3.8, 4) is 11.3 Å². The van der Waals surface area contributed by atoms with Gasteiger partial charge in [-0.15, -0.1) is 0 Å². The Bertz CT molecular complexity index is 999. The van der Waals surface area contributed by atoms with E-state index in [4.69, 9.17) is 9.72 Å². The zero-order valence-electron chi connectivity index (χ0n) is 15.1. The number of rotatable bonds is 4. The second-order valence-electron chi connectivity index (χ2n) is 6.55. The number of fused-ring (bicyclic) bond motifs is 1. The maximum absolute atomic E-state index is 13.1. The molecule has 0 spiro atoms. The molecule has 1 aliphatic heterocycles. The highest BCUT2D eigenvalue weighted by Crippen LogP contribution is 2.27. The summed E-state index contributed by atoms with van der Waals surface area (Å²) in [7, 11) is 0. The van der Waals surface area contributed by atoms with E-state index < -0.39 is 0 Å². The third-order valence-electron chi connectivity index (χ3n) is 4.76. The average molecular weight is 367 g/mol. The van der Waals surface area contributed by atoms with Crippen molar-refractivity contribution in [2.24, 2.45) is 0 Å². The smallest absolute Gasteiger partial charge is 0.261 e. The molecule has 1 atom stereocenters. The van der Waals surface area contributed by atoms with Gasteiger partial charge in [0.1, 0.15) is 17.0 Å². The summed E-state index contributed by atoms with van der Waals surface area (Å²) in [4.78, 5) is 28.6. The van der Waals surface area contributed by atoms with Crippen LogP contribution in [0.1, 0.15) is 13.0 Å². The summed E-state index contributed by atoms with van der Waals surface area (Å²) in [6.07, 6.45) is 4.89. The molecule has 0 radical (unpaired) electrons. The minimum atomic E-state index is -0.351. The van der Waals surface area contributed by atoms with Crippen LogP contribution in [0, 0.1) is 0 Å². The lowest BCUT2D eigenvalue weighted by atomic mass is 10.1. The second kappa shape index (κ2) is 7.42. The van der Waals surface area contributed by atoms with Gasteiger partial charge in [-0.3, -0.25) is 14.3 Å². The summed E-state index contributed by atoms with van der Waals surface area (Å²) in [6, 6.07) is 5.17. The monoisotopic (exact) mass is 367 g/mol. The number of morpholine rings is 1. The summed E-state index contributed by atoms with van der Waals surface area (Å²) < 4.78 is 6.88. The number of aliphatic hydroxyl groups excluding tert-OH is 1. The van der Waals surface area contributed by atoms with E-state index in [1.165, 1.54) is 10.9 Å². The Kier molecular flexibility index (Phi) is 4.83. The van der Waals surface area contributed by atoms with Crippen molar-refractivity contribution in [3.05, 3.63) is 47.3 Å². The van der Waals surface area contributed by atoms with Crippen molar-refractivity contribution in [1.82, 2.24) is 19.5 Å². The van der Waals surface area contributed by atoms with Crippen molar-refractivity contribution in [2.75, 3.05) is 37.8 Å². The van der Waals surface area contributed by atoms with Crippen LogP contribution in [0.25, 0.3) is 22.2 Å². The Morgan fingerprint density at radius 1 is 1.33 bits per heavy atom. The van der Waals surface area contributed by atoms with E-state index in [9.17, 15) is 9.90 Å². The molecule has 3 aromatic heterocycles. The Balaban J connectivity index is 1.96. The molecule has 4 heterocycles. The lowest BCUT2D eigenvalue weighted by molar-refractivity contribution is 0.122. The van der Waals surface area contributed by atoms with Crippen LogP contribution >= 0.6 is 0 Å². The molecule has 1 unspecified atom stereocenters. The Labute approximate surface area is 156 Å². The number of ether oxygens (including phenoxy) is 1. The highest BCUT2D eigenvalue weighted by Gasteiger charge is 2.19. The summed E-state index contributed by atoms with van der Waals surface area (Å²) >= 11 is 0. The molecule has 1 fully saturated rings. The van der Waals surface area contributed by atoms with Crippen LogP contribution in [-0.4, -0.2) is 57.5 Å². The van der Waals surface area contributed by atoms with Crippen LogP contribution in [-0.2, 0) is 4.74 Å². The van der Waals surface area contributed by atoms with Gasteiger partial charge in [-0.1, -0.05) is 0 Å². The molecule has 0 bridgehead atoms. The Hall–Kier alpha value is -2.84. The predicted octanol–water partition coefficient (Wildman–Crippen LogP) is 1.24. The first-order valence-electron chi connectivity index (χ1n) is 8.95. The lowest BCUT2D eigenvalue weighted by Crippen LogP contribution is -2.37. The summed E-state index contributed by atoms with van der Waals surface area (Å²) in [6.45, 7) is 4.32. The quantitative estimate of drug-likeness (QED) is 0.741. The van der Waals surface area contributed by atoms with Gasteiger partial charge in [-0.25, -0.2) is 9.97 Å². The molecule has 1 saturated heterocycles. The third kappa shape index (κ3) is 3.29. The molecule has 8 nitrogen and oxygen atoms in total. The van der Waals surface area contributed by atoms with Crippen molar-refractivity contribution in [3.63, 3.8) is 0 Å². The molecule has 1 aliphatic rings. The van der Waals surface area contributed by atoms with Gasteiger partial charge >= 0.3 is 0 Å². The van der Waals surface area contributed by atoms with Gasteiger partial charge in [0.15, 0.2) is 0 Å². The number of hydrogen-bond donors (Lipinski definition) is 1. The minimum absolute atomic E-state index is 0.135. The van der Waals surface area contributed by atoms with Crippen LogP contribution in [0.4, 0.5) is 5.82 Å². The average Bonchev–Trinajstić information content (AvgIpc) is 2.74. The van der Waals surface area contributed by atoms with E-state index in [2.05, 4.69) is 14.9 Å². The number of nitrogens with zero attached hydrogens (tertiary/aromatic N) is 5. The first-order valence-corrected chi connectivity index (χ1v) is 8.95. The largest absolute Gasteiger partial charge is 0.394 e. The Morgan fingerprint density at radius 3 is 2.85 bits per heavy atom. The summed E-state index contributed by atoms with van der Waals surface area (Å²) in [5.41, 5.74) is 1.77. The molecule has 1 N–H and O–H groups in total. The molecule has 0 saturated carbocycles. The molecule has 140 valence electrons. The predicted molar refractivity (Wildman–Crippen MR) is 102 cm³/mol. The summed E-state index contributed by atoms with van der Waals surface area (Å²) in [5, 5.41) is 9.93. The number of hydrogen-bond acceptors (Lipinski definition) is 7. The molecule has 0 amide bonds. The zero-order valence-corrected chi connectivity index (χ0v) is 15.1. The van der Waals surface area contributed by atoms with Gasteiger partial charge in [0.05, 0.1) is 37.6 Å². The van der Waals surface area contributed by atoms with Crippen molar-refractivity contribution < 1.29 is 9.84 Å².